The molecule has 1 rings (SSSR count). The molecule has 4 heteroatoms. The molecule has 16 heavy (non-hydrogen) atoms. The van der Waals surface area contributed by atoms with Gasteiger partial charge in [0.05, 0.1) is 24.1 Å². The van der Waals surface area contributed by atoms with Gasteiger partial charge in [0.2, 0.25) is 0 Å². The number of methoxy groups -OCH3 is 2. The number of rotatable bonds is 5. The normalized spacial score (nSPS) is 11.2. The highest BCUT2D eigenvalue weighted by Crippen LogP contribution is 2.29. The van der Waals surface area contributed by atoms with Crippen LogP contribution in [0.3, 0.4) is 0 Å². The second-order valence-electron chi connectivity index (χ2n) is 4.24. The molecule has 0 atom stereocenters. The average molecular weight is 224 g/mol. The number of para-hydroxylation sites is 1. The van der Waals surface area contributed by atoms with Crippen molar-refractivity contribution < 1.29 is 9.47 Å². The van der Waals surface area contributed by atoms with Crippen molar-refractivity contribution in [2.24, 2.45) is 0 Å². The quantitative estimate of drug-likeness (QED) is 0.752. The van der Waals surface area contributed by atoms with Gasteiger partial charge in [-0.1, -0.05) is 6.07 Å². The van der Waals surface area contributed by atoms with Gasteiger partial charge in [0.25, 0.3) is 0 Å². The van der Waals surface area contributed by atoms with E-state index in [0.717, 1.165) is 5.69 Å². The first kappa shape index (κ1) is 12.6. The summed E-state index contributed by atoms with van der Waals surface area (Å²) in [5, 5.41) is 3.25. The summed E-state index contributed by atoms with van der Waals surface area (Å²) in [6.45, 7) is 4.70. The van der Waals surface area contributed by atoms with Crippen molar-refractivity contribution in [1.82, 2.24) is 0 Å². The lowest BCUT2D eigenvalue weighted by Gasteiger charge is -2.24. The standard InChI is InChI=1S/C12H20N2O2/c1-12(2,16-4)8-14-9-6-5-7-10(15-3)11(9)13/h5-7,14H,8,13H2,1-4H3. The molecule has 0 radical (unpaired) electrons. The van der Waals surface area contributed by atoms with Gasteiger partial charge in [-0.15, -0.1) is 0 Å². The molecule has 0 aromatic heterocycles. The molecule has 0 heterocycles. The third kappa shape index (κ3) is 3.03. The molecule has 0 spiro atoms. The fourth-order valence-corrected chi connectivity index (χ4v) is 1.26. The minimum atomic E-state index is -0.227. The van der Waals surface area contributed by atoms with Crippen molar-refractivity contribution in [2.75, 3.05) is 31.8 Å². The van der Waals surface area contributed by atoms with E-state index in [1.54, 1.807) is 14.2 Å². The molecule has 1 aromatic carbocycles. The fraction of sp³-hybridized carbons (Fsp3) is 0.500. The van der Waals surface area contributed by atoms with Crippen LogP contribution < -0.4 is 15.8 Å². The van der Waals surface area contributed by atoms with E-state index in [2.05, 4.69) is 5.32 Å². The van der Waals surface area contributed by atoms with Crippen LogP contribution >= 0.6 is 0 Å². The Morgan fingerprint density at radius 2 is 2.00 bits per heavy atom. The Hall–Kier alpha value is -1.42. The van der Waals surface area contributed by atoms with E-state index < -0.39 is 0 Å². The van der Waals surface area contributed by atoms with E-state index in [0.29, 0.717) is 18.0 Å². The van der Waals surface area contributed by atoms with Crippen molar-refractivity contribution in [1.29, 1.82) is 0 Å². The van der Waals surface area contributed by atoms with Crippen molar-refractivity contribution in [3.05, 3.63) is 18.2 Å². The number of benzene rings is 1. The molecule has 4 nitrogen and oxygen atoms in total. The summed E-state index contributed by atoms with van der Waals surface area (Å²) in [6, 6.07) is 5.66. The molecular formula is C12H20N2O2. The first-order chi connectivity index (χ1) is 7.50. The monoisotopic (exact) mass is 224 g/mol. The molecular weight excluding hydrogens is 204 g/mol. The van der Waals surface area contributed by atoms with Crippen LogP contribution in [-0.2, 0) is 4.74 Å². The van der Waals surface area contributed by atoms with Gasteiger partial charge in [0.1, 0.15) is 5.75 Å². The zero-order valence-electron chi connectivity index (χ0n) is 10.3. The first-order valence-corrected chi connectivity index (χ1v) is 5.21. The largest absolute Gasteiger partial charge is 0.495 e. The first-order valence-electron chi connectivity index (χ1n) is 5.21. The lowest BCUT2D eigenvalue weighted by Crippen LogP contribution is -2.32. The third-order valence-electron chi connectivity index (χ3n) is 2.54. The van der Waals surface area contributed by atoms with Gasteiger partial charge in [0, 0.05) is 13.7 Å². The number of nitrogens with one attached hydrogen (secondary N) is 1. The van der Waals surface area contributed by atoms with E-state index in [-0.39, 0.29) is 5.60 Å². The zero-order chi connectivity index (χ0) is 12.2. The number of hydrogen-bond acceptors (Lipinski definition) is 4. The van der Waals surface area contributed by atoms with Gasteiger partial charge in [0.15, 0.2) is 0 Å². The molecule has 0 fully saturated rings. The molecule has 3 N–H and O–H groups in total. The predicted octanol–water partition coefficient (Wildman–Crippen LogP) is 2.11. The minimum Gasteiger partial charge on any atom is -0.495 e. The Kier molecular flexibility index (Phi) is 4.01. The van der Waals surface area contributed by atoms with Gasteiger partial charge in [-0.05, 0) is 26.0 Å². The van der Waals surface area contributed by atoms with Crippen LogP contribution in [0, 0.1) is 0 Å². The topological polar surface area (TPSA) is 56.5 Å². The molecule has 0 bridgehead atoms. The summed E-state index contributed by atoms with van der Waals surface area (Å²) in [5.41, 5.74) is 7.20. The van der Waals surface area contributed by atoms with E-state index in [1.807, 2.05) is 32.0 Å². The van der Waals surface area contributed by atoms with E-state index >= 15 is 0 Å². The Bertz CT molecular complexity index is 351. The van der Waals surface area contributed by atoms with E-state index in [9.17, 15) is 0 Å². The summed E-state index contributed by atoms with van der Waals surface area (Å²) in [5.74, 6) is 0.681. The highest BCUT2D eigenvalue weighted by Gasteiger charge is 2.16. The van der Waals surface area contributed by atoms with Crippen LogP contribution in [0.2, 0.25) is 0 Å². The Labute approximate surface area is 96.7 Å². The zero-order valence-corrected chi connectivity index (χ0v) is 10.3. The smallest absolute Gasteiger partial charge is 0.143 e. The van der Waals surface area contributed by atoms with Crippen molar-refractivity contribution >= 4 is 11.4 Å². The second kappa shape index (κ2) is 5.07. The maximum absolute atomic E-state index is 5.94. The number of ether oxygens (including phenoxy) is 2. The van der Waals surface area contributed by atoms with Crippen molar-refractivity contribution in [3.63, 3.8) is 0 Å². The van der Waals surface area contributed by atoms with Crippen LogP contribution in [0.5, 0.6) is 5.75 Å². The van der Waals surface area contributed by atoms with Gasteiger partial charge >= 0.3 is 0 Å². The molecule has 0 aliphatic heterocycles. The average Bonchev–Trinajstić information content (AvgIpc) is 2.28. The summed E-state index contributed by atoms with van der Waals surface area (Å²) >= 11 is 0. The Morgan fingerprint density at radius 3 is 2.56 bits per heavy atom. The SMILES string of the molecule is COc1cccc(NCC(C)(C)OC)c1N. The molecule has 0 saturated heterocycles. The molecule has 0 saturated carbocycles. The van der Waals surface area contributed by atoms with Crippen LogP contribution in [0.15, 0.2) is 18.2 Å². The highest BCUT2D eigenvalue weighted by atomic mass is 16.5. The maximum atomic E-state index is 5.94. The van der Waals surface area contributed by atoms with Crippen LogP contribution in [-0.4, -0.2) is 26.4 Å². The number of anilines is 2. The fourth-order valence-electron chi connectivity index (χ4n) is 1.26. The van der Waals surface area contributed by atoms with Gasteiger partial charge in [-0.2, -0.15) is 0 Å². The van der Waals surface area contributed by atoms with Gasteiger partial charge in [-0.3, -0.25) is 0 Å². The number of nitrogens with two attached hydrogens (primary N) is 1. The molecule has 0 amide bonds. The lowest BCUT2D eigenvalue weighted by molar-refractivity contribution is 0.0344. The van der Waals surface area contributed by atoms with Crippen LogP contribution in [0.1, 0.15) is 13.8 Å². The van der Waals surface area contributed by atoms with Crippen LogP contribution in [0.4, 0.5) is 11.4 Å². The highest BCUT2D eigenvalue weighted by molar-refractivity contribution is 5.72. The molecule has 1 aromatic rings. The van der Waals surface area contributed by atoms with Gasteiger partial charge in [-0.25, -0.2) is 0 Å². The lowest BCUT2D eigenvalue weighted by atomic mass is 10.1. The predicted molar refractivity (Wildman–Crippen MR) is 67.0 cm³/mol. The van der Waals surface area contributed by atoms with Crippen molar-refractivity contribution in [3.8, 4) is 5.75 Å². The summed E-state index contributed by atoms with van der Waals surface area (Å²) < 4.78 is 10.5. The summed E-state index contributed by atoms with van der Waals surface area (Å²) in [7, 11) is 3.30. The van der Waals surface area contributed by atoms with E-state index in [1.165, 1.54) is 0 Å². The third-order valence-corrected chi connectivity index (χ3v) is 2.54. The molecule has 0 aliphatic carbocycles. The minimum absolute atomic E-state index is 0.227. The molecule has 0 unspecified atom stereocenters. The van der Waals surface area contributed by atoms with Crippen molar-refractivity contribution in [2.45, 2.75) is 19.4 Å². The van der Waals surface area contributed by atoms with Crippen LogP contribution in [0.25, 0.3) is 0 Å². The summed E-state index contributed by atoms with van der Waals surface area (Å²) in [4.78, 5) is 0. The Morgan fingerprint density at radius 1 is 1.31 bits per heavy atom. The number of nitrogen functional groups attached to an aromatic ring is 1. The molecule has 90 valence electrons. The second-order valence-corrected chi connectivity index (χ2v) is 4.24. The van der Waals surface area contributed by atoms with Gasteiger partial charge < -0.3 is 20.5 Å². The summed E-state index contributed by atoms with van der Waals surface area (Å²) in [6.07, 6.45) is 0. The molecule has 0 aliphatic rings. The van der Waals surface area contributed by atoms with E-state index in [4.69, 9.17) is 15.2 Å². The maximum Gasteiger partial charge on any atom is 0.143 e. The Balaban J connectivity index is 2.75. The number of hydrogen-bond donors (Lipinski definition) is 2.